The van der Waals surface area contributed by atoms with Crippen LogP contribution in [-0.4, -0.2) is 17.4 Å². The lowest BCUT2D eigenvalue weighted by molar-refractivity contribution is 0.0996. The van der Waals surface area contributed by atoms with Crippen LogP contribution in [0.2, 0.25) is 5.02 Å². The highest BCUT2D eigenvalue weighted by Gasteiger charge is 2.07. The summed E-state index contributed by atoms with van der Waals surface area (Å²) in [4.78, 5) is 11.9. The van der Waals surface area contributed by atoms with Crippen molar-refractivity contribution in [2.24, 2.45) is 0 Å². The Hall–Kier alpha value is -1.98. The van der Waals surface area contributed by atoms with Crippen LogP contribution in [0.15, 0.2) is 48.5 Å². The lowest BCUT2D eigenvalue weighted by atomic mass is 10.1. The Balaban J connectivity index is 1.88. The largest absolute Gasteiger partial charge is 0.355 e. The summed E-state index contributed by atoms with van der Waals surface area (Å²) in [6.07, 6.45) is 0. The van der Waals surface area contributed by atoms with Gasteiger partial charge in [0, 0.05) is 5.56 Å². The van der Waals surface area contributed by atoms with Crippen LogP contribution in [0, 0.1) is 5.82 Å². The molecule has 2 N–H and O–H groups in total. The Labute approximate surface area is 132 Å². The number of para-hydroxylation sites is 1. The van der Waals surface area contributed by atoms with Crippen molar-refractivity contribution in [2.75, 3.05) is 11.9 Å². The third kappa shape index (κ3) is 4.51. The van der Waals surface area contributed by atoms with Crippen LogP contribution in [0.3, 0.4) is 0 Å². The van der Waals surface area contributed by atoms with E-state index in [0.29, 0.717) is 21.4 Å². The van der Waals surface area contributed by atoms with E-state index in [1.54, 1.807) is 12.1 Å². The number of nitrogens with one attached hydrogen (secondary N) is 2. The third-order valence-electron chi connectivity index (χ3n) is 2.70. The van der Waals surface area contributed by atoms with E-state index < -0.39 is 0 Å². The van der Waals surface area contributed by atoms with Crippen LogP contribution in [0.25, 0.3) is 0 Å². The van der Waals surface area contributed by atoms with Gasteiger partial charge in [-0.1, -0.05) is 23.7 Å². The molecule has 2 aromatic carbocycles. The van der Waals surface area contributed by atoms with Gasteiger partial charge < -0.3 is 10.6 Å². The van der Waals surface area contributed by atoms with E-state index in [0.717, 1.165) is 0 Å². The quantitative estimate of drug-likeness (QED) is 0.666. The summed E-state index contributed by atoms with van der Waals surface area (Å²) in [5.74, 6) is -0.561. The maximum atomic E-state index is 12.8. The summed E-state index contributed by atoms with van der Waals surface area (Å²) in [5.41, 5.74) is 1.08. The van der Waals surface area contributed by atoms with E-state index in [1.165, 1.54) is 24.3 Å². The fraction of sp³-hybridized carbons (Fsp3) is 0.0667. The minimum Gasteiger partial charge on any atom is -0.355 e. The van der Waals surface area contributed by atoms with Crippen molar-refractivity contribution in [3.05, 3.63) is 64.9 Å². The topological polar surface area (TPSA) is 41.1 Å². The van der Waals surface area contributed by atoms with E-state index in [2.05, 4.69) is 10.6 Å². The summed E-state index contributed by atoms with van der Waals surface area (Å²) < 4.78 is 12.8. The molecule has 0 unspecified atom stereocenters. The summed E-state index contributed by atoms with van der Waals surface area (Å²) in [6, 6.07) is 12.5. The standard InChI is InChI=1S/C15H12ClFN2OS/c16-12-3-1-2-4-13(12)19-15(21)18-9-14(20)10-5-7-11(17)8-6-10/h1-8H,9H2,(H2,18,19,21). The molecule has 0 radical (unpaired) electrons. The summed E-state index contributed by atoms with van der Waals surface area (Å²) in [6.45, 7) is 0.0158. The first kappa shape index (κ1) is 15.4. The van der Waals surface area contributed by atoms with Gasteiger partial charge in [0.15, 0.2) is 10.9 Å². The molecule has 0 aliphatic carbocycles. The van der Waals surface area contributed by atoms with Crippen molar-refractivity contribution < 1.29 is 9.18 Å². The Morgan fingerprint density at radius 2 is 1.81 bits per heavy atom. The molecule has 0 saturated heterocycles. The van der Waals surface area contributed by atoms with E-state index >= 15 is 0 Å². The highest BCUT2D eigenvalue weighted by molar-refractivity contribution is 7.80. The summed E-state index contributed by atoms with van der Waals surface area (Å²) in [5, 5.41) is 6.52. The van der Waals surface area contributed by atoms with E-state index in [1.807, 2.05) is 12.1 Å². The average Bonchev–Trinajstić information content (AvgIpc) is 2.48. The number of Topliss-reactive ketones (excluding diaryl/α,β-unsaturated/α-hetero) is 1. The molecule has 0 aliphatic rings. The normalized spacial score (nSPS) is 10.0. The number of hydrogen-bond acceptors (Lipinski definition) is 2. The molecule has 0 bridgehead atoms. The molecule has 0 amide bonds. The highest BCUT2D eigenvalue weighted by Crippen LogP contribution is 2.20. The monoisotopic (exact) mass is 322 g/mol. The van der Waals surface area contributed by atoms with Crippen LogP contribution >= 0.6 is 23.8 Å². The van der Waals surface area contributed by atoms with Gasteiger partial charge in [-0.2, -0.15) is 0 Å². The molecule has 0 saturated carbocycles. The van der Waals surface area contributed by atoms with E-state index in [-0.39, 0.29) is 18.1 Å². The Bertz CT molecular complexity index is 661. The van der Waals surface area contributed by atoms with Gasteiger partial charge in [-0.3, -0.25) is 4.79 Å². The van der Waals surface area contributed by atoms with E-state index in [4.69, 9.17) is 23.8 Å². The molecular formula is C15H12ClFN2OS. The molecule has 0 atom stereocenters. The number of benzene rings is 2. The second-order valence-corrected chi connectivity index (χ2v) is 5.03. The fourth-order valence-electron chi connectivity index (χ4n) is 1.63. The molecule has 21 heavy (non-hydrogen) atoms. The zero-order valence-electron chi connectivity index (χ0n) is 10.9. The van der Waals surface area contributed by atoms with Crippen molar-refractivity contribution in [1.82, 2.24) is 5.32 Å². The molecule has 0 fully saturated rings. The zero-order chi connectivity index (χ0) is 15.2. The number of carbonyl (C=O) groups excluding carboxylic acids is 1. The molecule has 3 nitrogen and oxygen atoms in total. The van der Waals surface area contributed by atoms with Crippen molar-refractivity contribution >= 4 is 40.4 Å². The SMILES string of the molecule is O=C(CNC(=S)Nc1ccccc1Cl)c1ccc(F)cc1. The minimum atomic E-state index is -0.379. The van der Waals surface area contributed by atoms with Gasteiger partial charge in [0.05, 0.1) is 17.3 Å². The minimum absolute atomic E-state index is 0.0158. The molecule has 2 rings (SSSR count). The molecule has 0 aliphatic heterocycles. The van der Waals surface area contributed by atoms with Gasteiger partial charge >= 0.3 is 0 Å². The first-order valence-corrected chi connectivity index (χ1v) is 6.93. The van der Waals surface area contributed by atoms with Gasteiger partial charge in [-0.25, -0.2) is 4.39 Å². The van der Waals surface area contributed by atoms with Crippen molar-refractivity contribution in [2.45, 2.75) is 0 Å². The molecule has 0 spiro atoms. The van der Waals surface area contributed by atoms with Crippen molar-refractivity contribution in [3.63, 3.8) is 0 Å². The second kappa shape index (κ2) is 7.15. The lowest BCUT2D eigenvalue weighted by Gasteiger charge is -2.11. The summed E-state index contributed by atoms with van der Waals surface area (Å²) >= 11 is 11.1. The van der Waals surface area contributed by atoms with Crippen LogP contribution in [0.5, 0.6) is 0 Å². The predicted octanol–water partition coefficient (Wildman–Crippen LogP) is 3.65. The number of anilines is 1. The molecule has 6 heteroatoms. The van der Waals surface area contributed by atoms with Gasteiger partial charge in [-0.15, -0.1) is 0 Å². The fourth-order valence-corrected chi connectivity index (χ4v) is 1.99. The predicted molar refractivity (Wildman–Crippen MR) is 86.4 cm³/mol. The molecule has 0 aromatic heterocycles. The maximum absolute atomic E-state index is 12.8. The number of thiocarbonyl (C=S) groups is 1. The summed E-state index contributed by atoms with van der Waals surface area (Å²) in [7, 11) is 0. The Morgan fingerprint density at radius 1 is 1.14 bits per heavy atom. The zero-order valence-corrected chi connectivity index (χ0v) is 12.5. The first-order chi connectivity index (χ1) is 10.1. The average molecular weight is 323 g/mol. The maximum Gasteiger partial charge on any atom is 0.181 e. The molecule has 2 aromatic rings. The Kier molecular flexibility index (Phi) is 5.25. The lowest BCUT2D eigenvalue weighted by Crippen LogP contribution is -2.33. The number of ketones is 1. The molecule has 0 heterocycles. The van der Waals surface area contributed by atoms with Gasteiger partial charge in [-0.05, 0) is 48.6 Å². The van der Waals surface area contributed by atoms with Crippen LogP contribution in [0.1, 0.15) is 10.4 Å². The smallest absolute Gasteiger partial charge is 0.181 e. The van der Waals surface area contributed by atoms with Crippen LogP contribution in [0.4, 0.5) is 10.1 Å². The number of hydrogen-bond donors (Lipinski definition) is 2. The second-order valence-electron chi connectivity index (χ2n) is 4.22. The van der Waals surface area contributed by atoms with Crippen molar-refractivity contribution in [3.8, 4) is 0 Å². The van der Waals surface area contributed by atoms with E-state index in [9.17, 15) is 9.18 Å². The van der Waals surface area contributed by atoms with Crippen LogP contribution < -0.4 is 10.6 Å². The molecule has 108 valence electrons. The van der Waals surface area contributed by atoms with Crippen LogP contribution in [-0.2, 0) is 0 Å². The number of carbonyl (C=O) groups is 1. The van der Waals surface area contributed by atoms with Gasteiger partial charge in [0.2, 0.25) is 0 Å². The van der Waals surface area contributed by atoms with Gasteiger partial charge in [0.25, 0.3) is 0 Å². The van der Waals surface area contributed by atoms with Crippen molar-refractivity contribution in [1.29, 1.82) is 0 Å². The Morgan fingerprint density at radius 3 is 2.48 bits per heavy atom. The van der Waals surface area contributed by atoms with Gasteiger partial charge in [0.1, 0.15) is 5.82 Å². The third-order valence-corrected chi connectivity index (χ3v) is 3.27. The molecular weight excluding hydrogens is 311 g/mol. The number of halogens is 2. The highest BCUT2D eigenvalue weighted by atomic mass is 35.5. The first-order valence-electron chi connectivity index (χ1n) is 6.14. The number of rotatable bonds is 4.